The lowest BCUT2D eigenvalue weighted by Gasteiger charge is -1.94. The van der Waals surface area contributed by atoms with Crippen LogP contribution >= 0.6 is 8.61 Å². The summed E-state index contributed by atoms with van der Waals surface area (Å²) in [5.41, 5.74) is 0. The molecule has 0 bridgehead atoms. The van der Waals surface area contributed by atoms with Gasteiger partial charge in [-0.1, -0.05) is 0 Å². The van der Waals surface area contributed by atoms with Crippen molar-refractivity contribution in [2.45, 2.75) is 6.92 Å². The maximum atomic E-state index is 10.1. The molecule has 0 aliphatic heterocycles. The molecule has 0 saturated heterocycles. The summed E-state index contributed by atoms with van der Waals surface area (Å²) in [7, 11) is -0.426. The van der Waals surface area contributed by atoms with Gasteiger partial charge in [0, 0.05) is 0 Å². The van der Waals surface area contributed by atoms with Gasteiger partial charge in [0.25, 0.3) is 8.61 Å². The molecule has 0 aliphatic rings. The third-order valence-electron chi connectivity index (χ3n) is 0.412. The zero-order chi connectivity index (χ0) is 6.41. The fraction of sp³-hybridized carbons (Fsp3) is 0.667. The van der Waals surface area contributed by atoms with E-state index in [4.69, 9.17) is 0 Å². The molecule has 0 heterocycles. The van der Waals surface area contributed by atoms with E-state index in [1.165, 1.54) is 0 Å². The fourth-order valence-electron chi connectivity index (χ4n) is 0.201. The minimum absolute atomic E-state index is 0.293. The Labute approximate surface area is 48.5 Å². The van der Waals surface area contributed by atoms with Gasteiger partial charge in [0.1, 0.15) is 0 Å². The van der Waals surface area contributed by atoms with E-state index < -0.39 is 14.7 Å². The fourth-order valence-corrected chi connectivity index (χ4v) is 0.340. The normalized spacial score (nSPS) is 8.62. The van der Waals surface area contributed by atoms with Gasteiger partial charge in [0.05, 0.1) is 6.61 Å². The predicted molar refractivity (Wildman–Crippen MR) is 27.8 cm³/mol. The summed E-state index contributed by atoms with van der Waals surface area (Å²) in [6.07, 6.45) is -0.663. The van der Waals surface area contributed by atoms with Crippen LogP contribution in [0.5, 0.6) is 0 Å². The van der Waals surface area contributed by atoms with Gasteiger partial charge < -0.3 is 4.74 Å². The van der Waals surface area contributed by atoms with E-state index >= 15 is 0 Å². The molecule has 46 valence electrons. The summed E-state index contributed by atoms with van der Waals surface area (Å²) in [5.74, 6) is 0. The zero-order valence-electron chi connectivity index (χ0n) is 4.38. The first-order valence-electron chi connectivity index (χ1n) is 2.06. The van der Waals surface area contributed by atoms with Gasteiger partial charge in [0.15, 0.2) is 0 Å². The number of ether oxygens (including phenoxy) is 1. The third-order valence-corrected chi connectivity index (χ3v) is 0.686. The van der Waals surface area contributed by atoms with Crippen molar-refractivity contribution in [2.75, 3.05) is 6.61 Å². The second-order valence-corrected chi connectivity index (χ2v) is 1.33. The van der Waals surface area contributed by atoms with Crippen LogP contribution in [-0.4, -0.2) is 12.7 Å². The minimum atomic E-state index is -0.663. The molecule has 0 rings (SSSR count). The van der Waals surface area contributed by atoms with Gasteiger partial charge in [-0.3, -0.25) is 0 Å². The van der Waals surface area contributed by atoms with Crippen LogP contribution in [0.1, 0.15) is 6.92 Å². The lowest BCUT2D eigenvalue weighted by atomic mass is 10.9. The first-order valence-corrected chi connectivity index (χ1v) is 2.87. The molecule has 4 nitrogen and oxygen atoms in total. The summed E-state index contributed by atoms with van der Waals surface area (Å²) >= 11 is 0. The van der Waals surface area contributed by atoms with Crippen LogP contribution in [0.4, 0.5) is 4.79 Å². The number of rotatable bonds is 2. The maximum Gasteiger partial charge on any atom is 0.417 e. The molecule has 0 atom stereocenters. The molecule has 0 saturated carbocycles. The van der Waals surface area contributed by atoms with E-state index in [1.54, 1.807) is 6.92 Å². The van der Waals surface area contributed by atoms with E-state index in [-0.39, 0.29) is 0 Å². The lowest BCUT2D eigenvalue weighted by Crippen LogP contribution is -2.13. The molecule has 0 unspecified atom stereocenters. The number of hydrogen-bond acceptors (Lipinski definition) is 3. The van der Waals surface area contributed by atoms with Crippen molar-refractivity contribution >= 4 is 14.7 Å². The standard InChI is InChI=1S/C3H6NO3P/c1-2-7-3(5)4-8-6/h2H2,1H3,(H,4,5,6). The van der Waals surface area contributed by atoms with Crippen molar-refractivity contribution in [1.82, 2.24) is 5.09 Å². The smallest absolute Gasteiger partial charge is 0.417 e. The molecule has 0 fully saturated rings. The molecule has 0 aromatic heterocycles. The molecule has 1 N–H and O–H groups in total. The monoisotopic (exact) mass is 135 g/mol. The molecule has 1 amide bonds. The van der Waals surface area contributed by atoms with Crippen molar-refractivity contribution in [1.29, 1.82) is 0 Å². The van der Waals surface area contributed by atoms with Gasteiger partial charge in [-0.25, -0.2) is 14.4 Å². The van der Waals surface area contributed by atoms with Crippen LogP contribution in [0, 0.1) is 0 Å². The Balaban J connectivity index is 3.18. The molecule has 0 aromatic rings. The highest BCUT2D eigenvalue weighted by molar-refractivity contribution is 7.22. The maximum absolute atomic E-state index is 10.1. The number of amides is 1. The molecule has 8 heavy (non-hydrogen) atoms. The Hall–Kier alpha value is -0.630. The van der Waals surface area contributed by atoms with Gasteiger partial charge in [0.2, 0.25) is 0 Å². The second-order valence-electron chi connectivity index (χ2n) is 0.924. The Kier molecular flexibility index (Phi) is 4.17. The topological polar surface area (TPSA) is 55.4 Å². The van der Waals surface area contributed by atoms with Crippen molar-refractivity contribution in [2.24, 2.45) is 0 Å². The van der Waals surface area contributed by atoms with Crippen molar-refractivity contribution in [3.05, 3.63) is 0 Å². The summed E-state index contributed by atoms with van der Waals surface area (Å²) in [6, 6.07) is 0. The summed E-state index contributed by atoms with van der Waals surface area (Å²) < 4.78 is 13.9. The van der Waals surface area contributed by atoms with Gasteiger partial charge in [-0.05, 0) is 6.92 Å². The predicted octanol–water partition coefficient (Wildman–Crippen LogP) is 0.939. The SMILES string of the molecule is CCOC(=O)NP=O. The Morgan fingerprint density at radius 1 is 1.88 bits per heavy atom. The summed E-state index contributed by atoms with van der Waals surface area (Å²) in [4.78, 5) is 10.1. The minimum Gasteiger partial charge on any atom is -0.449 e. The van der Waals surface area contributed by atoms with Crippen LogP contribution in [-0.2, 0) is 9.30 Å². The van der Waals surface area contributed by atoms with Gasteiger partial charge in [-0.15, -0.1) is 0 Å². The average molecular weight is 135 g/mol. The molecule has 0 aliphatic carbocycles. The first kappa shape index (κ1) is 7.37. The molecular weight excluding hydrogens is 129 g/mol. The highest BCUT2D eigenvalue weighted by atomic mass is 31.1. The first-order chi connectivity index (χ1) is 3.81. The van der Waals surface area contributed by atoms with Crippen LogP contribution in [0.2, 0.25) is 0 Å². The largest absolute Gasteiger partial charge is 0.449 e. The lowest BCUT2D eigenvalue weighted by molar-refractivity contribution is 0.159. The second kappa shape index (κ2) is 4.53. The van der Waals surface area contributed by atoms with Crippen LogP contribution in [0.25, 0.3) is 0 Å². The highest BCUT2D eigenvalue weighted by Crippen LogP contribution is 1.83. The highest BCUT2D eigenvalue weighted by Gasteiger charge is 1.94. The summed E-state index contributed by atoms with van der Waals surface area (Å²) in [5, 5.41) is 1.90. The van der Waals surface area contributed by atoms with Crippen molar-refractivity contribution < 1.29 is 14.1 Å². The van der Waals surface area contributed by atoms with Gasteiger partial charge in [-0.2, -0.15) is 0 Å². The summed E-state index contributed by atoms with van der Waals surface area (Å²) in [6.45, 7) is 1.96. The van der Waals surface area contributed by atoms with E-state index in [1.807, 2.05) is 5.09 Å². The van der Waals surface area contributed by atoms with Crippen LogP contribution in [0.15, 0.2) is 0 Å². The Bertz CT molecular complexity index is 94.5. The number of carbonyl (C=O) groups excluding carboxylic acids is 1. The number of nitrogens with one attached hydrogen (secondary N) is 1. The molecule has 0 aromatic carbocycles. The van der Waals surface area contributed by atoms with E-state index in [0.717, 1.165) is 0 Å². The Morgan fingerprint density at radius 3 is 2.88 bits per heavy atom. The van der Waals surface area contributed by atoms with E-state index in [9.17, 15) is 9.36 Å². The molecule has 5 heteroatoms. The quantitative estimate of drug-likeness (QED) is 0.573. The number of hydrogen-bond donors (Lipinski definition) is 1. The van der Waals surface area contributed by atoms with Crippen molar-refractivity contribution in [3.63, 3.8) is 0 Å². The molecular formula is C3H6NO3P. The number of carbonyl (C=O) groups is 1. The Morgan fingerprint density at radius 2 is 2.50 bits per heavy atom. The third kappa shape index (κ3) is 3.56. The van der Waals surface area contributed by atoms with E-state index in [2.05, 4.69) is 4.74 Å². The van der Waals surface area contributed by atoms with Crippen LogP contribution in [0.3, 0.4) is 0 Å². The zero-order valence-corrected chi connectivity index (χ0v) is 5.27. The van der Waals surface area contributed by atoms with Gasteiger partial charge >= 0.3 is 6.09 Å². The average Bonchev–Trinajstić information content (AvgIpc) is 1.68. The van der Waals surface area contributed by atoms with Crippen LogP contribution < -0.4 is 5.09 Å². The van der Waals surface area contributed by atoms with E-state index in [0.29, 0.717) is 6.61 Å². The molecule has 0 spiro atoms. The molecule has 0 radical (unpaired) electrons. The van der Waals surface area contributed by atoms with Crippen molar-refractivity contribution in [3.8, 4) is 0 Å².